The number of nitrogens with one attached hydrogen (secondary N) is 11. The van der Waals surface area contributed by atoms with Gasteiger partial charge >= 0.3 is 5.97 Å². The van der Waals surface area contributed by atoms with Crippen LogP contribution in [-0.2, 0) is 64.0 Å². The molecule has 0 bridgehead atoms. The Hall–Kier alpha value is -7.42. The standard InChI is InChI=1S/C74H136N18O13/c1-11-49(10)62(73(103)89-58(42-46(4)5)69(99)85-53(31-17-23-37-77)64(94)83-55(33-19-25-39-79)67(97)91-61(48(8)9)72(102)90-60(74(104)105)43-47(6)7)92-68(98)56(34-20-26-40-80)84-65(95)54(32-18-24-38-78)86-71(101)59(44-50-27-13-12-14-28-50)88-70(100)57(41-45(2)3)87-66(96)52(30-16-22-36-76)82-63(93)51(81)29-15-21-35-75/h12-14,27-28,45-49,51-62H,11,15-26,29-44,75-81H2,1-10H3,(H,82,93)(H,83,94)(H,84,95)(H,85,99)(H,86,101)(H,87,96)(H,88,100)(H,89,103)(H,90,102)(H,91,97)(H,92,98)(H,104,105)/t49-,51-,52-,53-,54-,55-,56-,57-,58-,59-,60-,61-,62-/m0/s1. The number of hydrogen-bond donors (Lipinski definition) is 19. The SMILES string of the molecule is CC[C@H](C)[C@H](NC(=O)[C@H](CCCCN)NC(=O)[C@H](CCCCN)NC(=O)[C@H](Cc1ccccc1)NC(=O)[C@H](CC(C)C)NC(=O)[C@H](CCCCN)NC(=O)[C@@H](N)CCCCN)C(=O)N[C@@H](CC(C)C)C(=O)N[C@@H](CCCCN)C(=O)N[C@@H](CCCCN)C(=O)N[C@H](C(=O)N[C@@H](CC(C)C)C(=O)O)C(C)C. The Kier molecular flexibility index (Phi) is 49.3. The maximum atomic E-state index is 14.9. The number of carbonyl (C=O) groups excluding carboxylic acids is 11. The van der Waals surface area contributed by atoms with Crippen LogP contribution in [0.15, 0.2) is 30.3 Å². The molecule has 0 spiro atoms. The van der Waals surface area contributed by atoms with Crippen molar-refractivity contribution in [2.75, 3.05) is 39.3 Å². The minimum atomic E-state index is -1.33. The molecular weight excluding hydrogens is 1350 g/mol. The van der Waals surface area contributed by atoms with E-state index in [2.05, 4.69) is 58.5 Å². The number of aliphatic carboxylic acids is 1. The molecule has 0 saturated heterocycles. The normalized spacial score (nSPS) is 15.2. The molecule has 31 nitrogen and oxygen atoms in total. The maximum absolute atomic E-state index is 14.9. The Morgan fingerprint density at radius 3 is 0.924 bits per heavy atom. The van der Waals surface area contributed by atoms with Crippen LogP contribution in [0.5, 0.6) is 0 Å². The Bertz CT molecular complexity index is 2770. The van der Waals surface area contributed by atoms with Crippen molar-refractivity contribution in [1.82, 2.24) is 58.5 Å². The fraction of sp³-hybridized carbons (Fsp3) is 0.757. The molecule has 1 aromatic rings. The van der Waals surface area contributed by atoms with E-state index in [9.17, 15) is 62.6 Å². The van der Waals surface area contributed by atoms with Crippen LogP contribution in [0.4, 0.5) is 0 Å². The zero-order valence-corrected chi connectivity index (χ0v) is 64.6. The second-order valence-corrected chi connectivity index (χ2v) is 29.4. The number of amides is 11. The summed E-state index contributed by atoms with van der Waals surface area (Å²) in [4.78, 5) is 170. The molecule has 0 aliphatic heterocycles. The first-order valence-electron chi connectivity index (χ1n) is 38.4. The zero-order valence-electron chi connectivity index (χ0n) is 64.6. The molecule has 1 rings (SSSR count). The van der Waals surface area contributed by atoms with Crippen LogP contribution in [0, 0.1) is 29.6 Å². The minimum Gasteiger partial charge on any atom is -0.480 e. The van der Waals surface area contributed by atoms with Gasteiger partial charge < -0.3 is 104 Å². The van der Waals surface area contributed by atoms with Crippen molar-refractivity contribution in [3.63, 3.8) is 0 Å². The Balaban J connectivity index is 3.77. The highest BCUT2D eigenvalue weighted by molar-refractivity contribution is 5.99. The fourth-order valence-electron chi connectivity index (χ4n) is 11.8. The van der Waals surface area contributed by atoms with E-state index >= 15 is 0 Å². The number of carboxylic acid groups (broad SMARTS) is 1. The molecule has 1 aromatic carbocycles. The van der Waals surface area contributed by atoms with E-state index in [-0.39, 0.29) is 102 Å². The van der Waals surface area contributed by atoms with Gasteiger partial charge in [0.2, 0.25) is 65.0 Å². The van der Waals surface area contributed by atoms with Gasteiger partial charge in [-0.15, -0.1) is 0 Å². The van der Waals surface area contributed by atoms with Crippen LogP contribution in [-0.4, -0.2) is 188 Å². The van der Waals surface area contributed by atoms with Crippen LogP contribution in [0.1, 0.15) is 216 Å². The number of unbranched alkanes of at least 4 members (excludes halogenated alkanes) is 6. The van der Waals surface area contributed by atoms with Crippen molar-refractivity contribution in [2.24, 2.45) is 69.7 Å². The van der Waals surface area contributed by atoms with Crippen molar-refractivity contribution in [2.45, 2.75) is 289 Å². The van der Waals surface area contributed by atoms with Crippen molar-refractivity contribution in [1.29, 1.82) is 0 Å². The summed E-state index contributed by atoms with van der Waals surface area (Å²) in [5.41, 5.74) is 41.8. The molecule has 0 unspecified atom stereocenters. The fourth-order valence-corrected chi connectivity index (χ4v) is 11.8. The summed E-state index contributed by atoms with van der Waals surface area (Å²) in [6.45, 7) is 19.7. The predicted molar refractivity (Wildman–Crippen MR) is 407 cm³/mol. The van der Waals surface area contributed by atoms with Gasteiger partial charge in [0.05, 0.1) is 6.04 Å². The molecule has 600 valence electrons. The molecule has 0 aliphatic carbocycles. The van der Waals surface area contributed by atoms with Gasteiger partial charge in [-0.05, 0) is 203 Å². The molecule has 0 aromatic heterocycles. The summed E-state index contributed by atoms with van der Waals surface area (Å²) in [5, 5.41) is 40.5. The largest absolute Gasteiger partial charge is 0.480 e. The Morgan fingerprint density at radius 1 is 0.324 bits per heavy atom. The van der Waals surface area contributed by atoms with E-state index in [1.54, 1.807) is 58.0 Å². The third kappa shape index (κ3) is 39.1. The van der Waals surface area contributed by atoms with E-state index in [1.807, 2.05) is 41.5 Å². The second-order valence-electron chi connectivity index (χ2n) is 29.4. The first kappa shape index (κ1) is 95.6. The van der Waals surface area contributed by atoms with E-state index in [0.717, 1.165) is 0 Å². The van der Waals surface area contributed by atoms with Gasteiger partial charge in [-0.3, -0.25) is 52.7 Å². The lowest BCUT2D eigenvalue weighted by molar-refractivity contribution is -0.143. The van der Waals surface area contributed by atoms with Crippen LogP contribution < -0.4 is 98.6 Å². The monoisotopic (exact) mass is 1490 g/mol. The van der Waals surface area contributed by atoms with Gasteiger partial charge in [0, 0.05) is 6.42 Å². The van der Waals surface area contributed by atoms with Crippen LogP contribution in [0.25, 0.3) is 0 Å². The quantitative estimate of drug-likeness (QED) is 0.0397. The summed E-state index contributed by atoms with van der Waals surface area (Å²) < 4.78 is 0. The van der Waals surface area contributed by atoms with Crippen LogP contribution in [0.3, 0.4) is 0 Å². The summed E-state index contributed by atoms with van der Waals surface area (Å²) >= 11 is 0. The lowest BCUT2D eigenvalue weighted by Crippen LogP contribution is -2.61. The Morgan fingerprint density at radius 2 is 0.590 bits per heavy atom. The van der Waals surface area contributed by atoms with Gasteiger partial charge in [0.15, 0.2) is 0 Å². The molecule has 0 fully saturated rings. The van der Waals surface area contributed by atoms with Crippen LogP contribution >= 0.6 is 0 Å². The van der Waals surface area contributed by atoms with Gasteiger partial charge in [-0.1, -0.05) is 112 Å². The Labute approximate surface area is 623 Å². The molecule has 0 saturated carbocycles. The molecular formula is C74H136N18O13. The maximum Gasteiger partial charge on any atom is 0.326 e. The van der Waals surface area contributed by atoms with Crippen molar-refractivity contribution in [3.8, 4) is 0 Å². The highest BCUT2D eigenvalue weighted by Gasteiger charge is 2.38. The summed E-state index contributed by atoms with van der Waals surface area (Å²) in [7, 11) is 0. The molecule has 0 aliphatic rings. The molecule has 0 radical (unpaired) electrons. The third-order valence-electron chi connectivity index (χ3n) is 18.2. The first-order chi connectivity index (χ1) is 49.8. The predicted octanol–water partition coefficient (Wildman–Crippen LogP) is 0.588. The van der Waals surface area contributed by atoms with Crippen molar-refractivity contribution >= 4 is 70.9 Å². The summed E-state index contributed by atoms with van der Waals surface area (Å²) in [6.07, 6.45) is 7.07. The molecule has 13 atom stereocenters. The highest BCUT2D eigenvalue weighted by Crippen LogP contribution is 2.18. The molecule has 11 amide bonds. The third-order valence-corrected chi connectivity index (χ3v) is 18.2. The van der Waals surface area contributed by atoms with E-state index in [1.165, 1.54) is 0 Å². The molecule has 26 N–H and O–H groups in total. The smallest absolute Gasteiger partial charge is 0.326 e. The summed E-state index contributed by atoms with van der Waals surface area (Å²) in [6, 6.07) is -5.73. The summed E-state index contributed by atoms with van der Waals surface area (Å²) in [5.74, 6) is -10.5. The van der Waals surface area contributed by atoms with Gasteiger partial charge in [-0.2, -0.15) is 0 Å². The minimum absolute atomic E-state index is 0.0444. The number of carbonyl (C=O) groups is 12. The van der Waals surface area contributed by atoms with Gasteiger partial charge in [-0.25, -0.2) is 4.79 Å². The highest BCUT2D eigenvalue weighted by atomic mass is 16.4. The van der Waals surface area contributed by atoms with Crippen molar-refractivity contribution < 1.29 is 62.6 Å². The zero-order chi connectivity index (χ0) is 79.1. The molecule has 0 heterocycles. The van der Waals surface area contributed by atoms with E-state index in [4.69, 9.17) is 40.1 Å². The lowest BCUT2D eigenvalue weighted by Gasteiger charge is -2.30. The van der Waals surface area contributed by atoms with Gasteiger partial charge in [0.25, 0.3) is 0 Å². The van der Waals surface area contributed by atoms with E-state index in [0.29, 0.717) is 109 Å². The number of hydrogen-bond acceptors (Lipinski definition) is 19. The average molecular weight is 1490 g/mol. The number of nitrogens with two attached hydrogens (primary N) is 7. The second kappa shape index (κ2) is 54.2. The topological polar surface area (TPSA) is 540 Å². The van der Waals surface area contributed by atoms with Crippen LogP contribution in [0.2, 0.25) is 0 Å². The van der Waals surface area contributed by atoms with E-state index < -0.39 is 155 Å². The number of carboxylic acids is 1. The first-order valence-corrected chi connectivity index (χ1v) is 38.4. The molecule has 31 heteroatoms. The van der Waals surface area contributed by atoms with Crippen molar-refractivity contribution in [3.05, 3.63) is 35.9 Å². The number of benzene rings is 1. The molecule has 105 heavy (non-hydrogen) atoms. The van der Waals surface area contributed by atoms with Gasteiger partial charge in [0.1, 0.15) is 66.5 Å². The number of rotatable bonds is 58. The average Bonchev–Trinajstić information content (AvgIpc) is 0.850. The lowest BCUT2D eigenvalue weighted by atomic mass is 9.95.